The molecule has 0 radical (unpaired) electrons. The molecule has 0 aliphatic carbocycles. The van der Waals surface area contributed by atoms with Crippen LogP contribution in [0, 0.1) is 5.92 Å². The first-order valence-corrected chi connectivity index (χ1v) is 7.27. The zero-order chi connectivity index (χ0) is 15.8. The quantitative estimate of drug-likeness (QED) is 0.848. The van der Waals surface area contributed by atoms with Gasteiger partial charge in [0, 0.05) is 11.6 Å². The molecule has 5 nitrogen and oxygen atoms in total. The Morgan fingerprint density at radius 3 is 2.52 bits per heavy atom. The lowest BCUT2D eigenvalue weighted by molar-refractivity contribution is -0.124. The van der Waals surface area contributed by atoms with Crippen LogP contribution in [0.3, 0.4) is 0 Å². The molecule has 0 saturated carbocycles. The molecule has 0 aliphatic rings. The van der Waals surface area contributed by atoms with E-state index in [9.17, 15) is 9.59 Å². The molecule has 0 heterocycles. The van der Waals surface area contributed by atoms with E-state index >= 15 is 0 Å². The number of carbonyl (C=O) groups excluding carboxylic acids is 2. The maximum atomic E-state index is 12.2. The third kappa shape index (κ3) is 5.63. The molecule has 0 aromatic heterocycles. The second-order valence-corrected chi connectivity index (χ2v) is 5.30. The van der Waals surface area contributed by atoms with Gasteiger partial charge >= 0.3 is 6.09 Å². The number of rotatable bonds is 6. The Morgan fingerprint density at radius 2 is 1.95 bits per heavy atom. The van der Waals surface area contributed by atoms with Gasteiger partial charge in [-0.05, 0) is 24.5 Å². The highest BCUT2D eigenvalue weighted by Gasteiger charge is 2.24. The number of nitrogens with one attached hydrogen (secondary N) is 2. The molecule has 2 amide bonds. The Hall–Kier alpha value is -1.75. The average Bonchev–Trinajstić information content (AvgIpc) is 2.43. The Morgan fingerprint density at radius 1 is 1.29 bits per heavy atom. The van der Waals surface area contributed by atoms with Gasteiger partial charge in [-0.25, -0.2) is 4.79 Å². The highest BCUT2D eigenvalue weighted by atomic mass is 35.5. The fourth-order valence-corrected chi connectivity index (χ4v) is 1.97. The van der Waals surface area contributed by atoms with Gasteiger partial charge in [0.15, 0.2) is 0 Å². The van der Waals surface area contributed by atoms with E-state index < -0.39 is 12.1 Å². The van der Waals surface area contributed by atoms with Crippen LogP contribution >= 0.6 is 11.6 Å². The van der Waals surface area contributed by atoms with Gasteiger partial charge in [-0.1, -0.05) is 43.6 Å². The van der Waals surface area contributed by atoms with Gasteiger partial charge in [0.25, 0.3) is 0 Å². The molecule has 1 aromatic carbocycles. The largest absolute Gasteiger partial charge is 0.450 e. The Kier molecular flexibility index (Phi) is 7.02. The summed E-state index contributed by atoms with van der Waals surface area (Å²) in [5.41, 5.74) is 0.825. The van der Waals surface area contributed by atoms with Crippen molar-refractivity contribution in [1.82, 2.24) is 10.6 Å². The van der Waals surface area contributed by atoms with E-state index in [4.69, 9.17) is 16.3 Å². The van der Waals surface area contributed by atoms with E-state index in [1.807, 2.05) is 32.0 Å². The molecule has 1 atom stereocenters. The number of alkyl carbamates (subject to hydrolysis) is 1. The average molecular weight is 313 g/mol. The molecule has 1 rings (SSSR count). The summed E-state index contributed by atoms with van der Waals surface area (Å²) in [6, 6.07) is 6.63. The Bertz CT molecular complexity index is 492. The van der Waals surface area contributed by atoms with Crippen LogP contribution < -0.4 is 10.6 Å². The number of carbonyl (C=O) groups is 2. The second-order valence-electron chi connectivity index (χ2n) is 4.90. The van der Waals surface area contributed by atoms with E-state index in [1.54, 1.807) is 13.0 Å². The minimum Gasteiger partial charge on any atom is -0.450 e. The van der Waals surface area contributed by atoms with Crippen molar-refractivity contribution in [2.75, 3.05) is 6.61 Å². The van der Waals surface area contributed by atoms with Crippen LogP contribution in [-0.2, 0) is 16.1 Å². The van der Waals surface area contributed by atoms with Crippen molar-refractivity contribution in [2.45, 2.75) is 33.4 Å². The van der Waals surface area contributed by atoms with Gasteiger partial charge in [0.2, 0.25) is 5.91 Å². The van der Waals surface area contributed by atoms with Gasteiger partial charge in [-0.3, -0.25) is 4.79 Å². The molecule has 0 saturated heterocycles. The molecule has 116 valence electrons. The van der Waals surface area contributed by atoms with Crippen molar-refractivity contribution in [1.29, 1.82) is 0 Å². The summed E-state index contributed by atoms with van der Waals surface area (Å²) in [6.07, 6.45) is -0.593. The molecule has 0 spiro atoms. The van der Waals surface area contributed by atoms with Gasteiger partial charge in [-0.15, -0.1) is 0 Å². The lowest BCUT2D eigenvalue weighted by Gasteiger charge is -2.21. The van der Waals surface area contributed by atoms with Crippen LogP contribution in [-0.4, -0.2) is 24.6 Å². The van der Waals surface area contributed by atoms with E-state index in [0.717, 1.165) is 5.56 Å². The summed E-state index contributed by atoms with van der Waals surface area (Å²) in [6.45, 7) is 5.99. The first kappa shape index (κ1) is 17.3. The van der Waals surface area contributed by atoms with Gasteiger partial charge in [0.05, 0.1) is 6.61 Å². The molecular formula is C15H21ClN2O3. The van der Waals surface area contributed by atoms with Gasteiger partial charge < -0.3 is 15.4 Å². The molecule has 0 aliphatic heterocycles. The highest BCUT2D eigenvalue weighted by molar-refractivity contribution is 6.31. The maximum absolute atomic E-state index is 12.2. The Labute approximate surface area is 130 Å². The third-order valence-corrected chi connectivity index (χ3v) is 3.28. The van der Waals surface area contributed by atoms with Crippen molar-refractivity contribution in [3.63, 3.8) is 0 Å². The molecule has 2 N–H and O–H groups in total. The van der Waals surface area contributed by atoms with E-state index in [-0.39, 0.29) is 18.4 Å². The summed E-state index contributed by atoms with van der Waals surface area (Å²) in [7, 11) is 0. The minimum atomic E-state index is -0.647. The fraction of sp³-hybridized carbons (Fsp3) is 0.467. The summed E-state index contributed by atoms with van der Waals surface area (Å²) in [4.78, 5) is 23.6. The van der Waals surface area contributed by atoms with Crippen molar-refractivity contribution in [3.05, 3.63) is 34.9 Å². The zero-order valence-electron chi connectivity index (χ0n) is 12.5. The van der Waals surface area contributed by atoms with Crippen molar-refractivity contribution < 1.29 is 14.3 Å². The molecule has 1 aromatic rings. The highest BCUT2D eigenvalue weighted by Crippen LogP contribution is 2.14. The van der Waals surface area contributed by atoms with Crippen LogP contribution in [0.4, 0.5) is 4.79 Å². The van der Waals surface area contributed by atoms with E-state index in [2.05, 4.69) is 10.6 Å². The number of halogens is 1. The minimum absolute atomic E-state index is 0.0550. The first-order valence-electron chi connectivity index (χ1n) is 6.90. The monoisotopic (exact) mass is 312 g/mol. The molecule has 0 bridgehead atoms. The third-order valence-electron chi connectivity index (χ3n) is 2.91. The van der Waals surface area contributed by atoms with E-state index in [1.165, 1.54) is 0 Å². The van der Waals surface area contributed by atoms with Crippen molar-refractivity contribution >= 4 is 23.6 Å². The van der Waals surface area contributed by atoms with Crippen LogP contribution in [0.2, 0.25) is 5.02 Å². The van der Waals surface area contributed by atoms with Crippen LogP contribution in [0.15, 0.2) is 24.3 Å². The zero-order valence-corrected chi connectivity index (χ0v) is 13.2. The van der Waals surface area contributed by atoms with Crippen LogP contribution in [0.25, 0.3) is 0 Å². The van der Waals surface area contributed by atoms with Crippen LogP contribution in [0.1, 0.15) is 26.3 Å². The number of hydrogen-bond donors (Lipinski definition) is 2. The van der Waals surface area contributed by atoms with Crippen molar-refractivity contribution in [3.8, 4) is 0 Å². The fourth-order valence-electron chi connectivity index (χ4n) is 1.77. The van der Waals surface area contributed by atoms with Gasteiger partial charge in [0.1, 0.15) is 6.04 Å². The smallest absolute Gasteiger partial charge is 0.407 e. The van der Waals surface area contributed by atoms with Crippen molar-refractivity contribution in [2.24, 2.45) is 5.92 Å². The predicted molar refractivity (Wildman–Crippen MR) is 82.1 cm³/mol. The van der Waals surface area contributed by atoms with Gasteiger partial charge in [-0.2, -0.15) is 0 Å². The summed E-state index contributed by atoms with van der Waals surface area (Å²) in [5, 5.41) is 5.93. The maximum Gasteiger partial charge on any atom is 0.407 e. The number of hydrogen-bond acceptors (Lipinski definition) is 3. The normalized spacial score (nSPS) is 11.9. The topological polar surface area (TPSA) is 67.4 Å². The van der Waals surface area contributed by atoms with Crippen LogP contribution in [0.5, 0.6) is 0 Å². The van der Waals surface area contributed by atoms with E-state index in [0.29, 0.717) is 11.6 Å². The lowest BCUT2D eigenvalue weighted by Crippen LogP contribution is -2.49. The molecule has 0 unspecified atom stereocenters. The Balaban J connectivity index is 2.61. The molecule has 21 heavy (non-hydrogen) atoms. The summed E-state index contributed by atoms with van der Waals surface area (Å²) >= 11 is 6.03. The number of amides is 2. The molecular weight excluding hydrogens is 292 g/mol. The summed E-state index contributed by atoms with van der Waals surface area (Å²) in [5.74, 6) is -0.321. The second kappa shape index (κ2) is 8.52. The molecule has 0 fully saturated rings. The lowest BCUT2D eigenvalue weighted by atomic mass is 10.0. The SMILES string of the molecule is CCOC(=O)N[C@@H](C(=O)NCc1ccccc1Cl)C(C)C. The first-order chi connectivity index (χ1) is 9.95. The predicted octanol–water partition coefficient (Wildman–Crippen LogP) is 2.73. The standard InChI is InChI=1S/C15H21ClN2O3/c1-4-21-15(20)18-13(10(2)3)14(19)17-9-11-7-5-6-8-12(11)16/h5-8,10,13H,4,9H2,1-3H3,(H,17,19)(H,18,20)/t13-/m1/s1. The number of benzene rings is 1. The summed E-state index contributed by atoms with van der Waals surface area (Å²) < 4.78 is 4.80. The number of ether oxygens (including phenoxy) is 1. The molecule has 6 heteroatoms.